The van der Waals surface area contributed by atoms with Crippen molar-refractivity contribution in [3.8, 4) is 0 Å². The van der Waals surface area contributed by atoms with E-state index < -0.39 is 0 Å². The van der Waals surface area contributed by atoms with Crippen molar-refractivity contribution in [2.75, 3.05) is 13.7 Å². The van der Waals surface area contributed by atoms with E-state index in [1.807, 2.05) is 12.1 Å². The molecule has 0 heterocycles. The predicted octanol–water partition coefficient (Wildman–Crippen LogP) is 3.92. The van der Waals surface area contributed by atoms with Crippen molar-refractivity contribution in [2.45, 2.75) is 45.8 Å². The topological polar surface area (TPSA) is 21.3 Å². The zero-order valence-electron chi connectivity index (χ0n) is 12.4. The molecule has 0 fully saturated rings. The van der Waals surface area contributed by atoms with E-state index >= 15 is 0 Å². The standard InChI is InChI=1S/C16H26ClNO/c1-12(2)18-11-15(9-13(3)19-4)10-14-5-7-16(17)8-6-14/h5-8,12-13,15,18H,9-11H2,1-4H3. The highest BCUT2D eigenvalue weighted by Gasteiger charge is 2.14. The van der Waals surface area contributed by atoms with E-state index in [1.54, 1.807) is 7.11 Å². The molecule has 0 spiro atoms. The van der Waals surface area contributed by atoms with Crippen LogP contribution >= 0.6 is 11.6 Å². The number of nitrogens with one attached hydrogen (secondary N) is 1. The van der Waals surface area contributed by atoms with Crippen LogP contribution in [0.2, 0.25) is 5.02 Å². The number of halogens is 1. The largest absolute Gasteiger partial charge is 0.382 e. The monoisotopic (exact) mass is 283 g/mol. The SMILES string of the molecule is COC(C)CC(CNC(C)C)Cc1ccc(Cl)cc1. The molecule has 0 saturated carbocycles. The van der Waals surface area contributed by atoms with E-state index in [0.717, 1.165) is 24.4 Å². The molecular formula is C16H26ClNO. The van der Waals surface area contributed by atoms with Gasteiger partial charge in [0.25, 0.3) is 0 Å². The number of methoxy groups -OCH3 is 1. The summed E-state index contributed by atoms with van der Waals surface area (Å²) in [7, 11) is 1.78. The lowest BCUT2D eigenvalue weighted by molar-refractivity contribution is 0.0942. The van der Waals surface area contributed by atoms with Crippen LogP contribution in [-0.2, 0) is 11.2 Å². The molecule has 0 saturated heterocycles. The summed E-state index contributed by atoms with van der Waals surface area (Å²) in [5.74, 6) is 0.582. The molecule has 0 amide bonds. The molecule has 1 N–H and O–H groups in total. The van der Waals surface area contributed by atoms with Gasteiger partial charge in [0.1, 0.15) is 0 Å². The Morgan fingerprint density at radius 3 is 2.32 bits per heavy atom. The van der Waals surface area contributed by atoms with Crippen molar-refractivity contribution in [3.63, 3.8) is 0 Å². The van der Waals surface area contributed by atoms with Crippen molar-refractivity contribution in [1.29, 1.82) is 0 Å². The zero-order chi connectivity index (χ0) is 14.3. The minimum atomic E-state index is 0.297. The zero-order valence-corrected chi connectivity index (χ0v) is 13.2. The van der Waals surface area contributed by atoms with Gasteiger partial charge in [-0.1, -0.05) is 37.6 Å². The maximum Gasteiger partial charge on any atom is 0.0546 e. The summed E-state index contributed by atoms with van der Waals surface area (Å²) in [5.41, 5.74) is 1.34. The first-order valence-electron chi connectivity index (χ1n) is 7.02. The summed E-state index contributed by atoms with van der Waals surface area (Å²) in [6.07, 6.45) is 2.43. The number of hydrogen-bond acceptors (Lipinski definition) is 2. The van der Waals surface area contributed by atoms with Gasteiger partial charge in [0, 0.05) is 18.2 Å². The van der Waals surface area contributed by atoms with Gasteiger partial charge in [-0.15, -0.1) is 0 Å². The normalized spacial score (nSPS) is 14.6. The van der Waals surface area contributed by atoms with Gasteiger partial charge < -0.3 is 10.1 Å². The maximum absolute atomic E-state index is 5.93. The van der Waals surface area contributed by atoms with Crippen LogP contribution in [0, 0.1) is 5.92 Å². The van der Waals surface area contributed by atoms with Crippen molar-refractivity contribution < 1.29 is 4.74 Å². The Morgan fingerprint density at radius 1 is 1.16 bits per heavy atom. The molecule has 108 valence electrons. The van der Waals surface area contributed by atoms with E-state index in [9.17, 15) is 0 Å². The fourth-order valence-corrected chi connectivity index (χ4v) is 2.29. The molecule has 3 heteroatoms. The minimum Gasteiger partial charge on any atom is -0.382 e. The molecule has 0 aliphatic carbocycles. The molecule has 1 aromatic rings. The molecule has 0 radical (unpaired) electrons. The van der Waals surface area contributed by atoms with Gasteiger partial charge in [0.2, 0.25) is 0 Å². The number of rotatable bonds is 8. The van der Waals surface area contributed by atoms with Gasteiger partial charge in [0.05, 0.1) is 6.10 Å². The molecule has 0 bridgehead atoms. The average molecular weight is 284 g/mol. The van der Waals surface area contributed by atoms with Crippen molar-refractivity contribution >= 4 is 11.6 Å². The Hall–Kier alpha value is -0.570. The summed E-state index contributed by atoms with van der Waals surface area (Å²) in [4.78, 5) is 0. The van der Waals surface area contributed by atoms with Crippen LogP contribution in [0.5, 0.6) is 0 Å². The molecule has 2 atom stereocenters. The first kappa shape index (κ1) is 16.5. The fourth-order valence-electron chi connectivity index (χ4n) is 2.16. The van der Waals surface area contributed by atoms with Crippen molar-refractivity contribution in [3.05, 3.63) is 34.9 Å². The van der Waals surface area contributed by atoms with Gasteiger partial charge in [-0.2, -0.15) is 0 Å². The fraction of sp³-hybridized carbons (Fsp3) is 0.625. The Bertz CT molecular complexity index is 350. The summed E-state index contributed by atoms with van der Waals surface area (Å²) in [6, 6.07) is 8.67. The molecule has 0 aliphatic heterocycles. The van der Waals surface area contributed by atoms with E-state index in [-0.39, 0.29) is 0 Å². The highest BCUT2D eigenvalue weighted by molar-refractivity contribution is 6.30. The van der Waals surface area contributed by atoms with Crippen LogP contribution in [-0.4, -0.2) is 25.8 Å². The second-order valence-corrected chi connectivity index (χ2v) is 5.98. The smallest absolute Gasteiger partial charge is 0.0546 e. The van der Waals surface area contributed by atoms with Crippen LogP contribution in [0.3, 0.4) is 0 Å². The van der Waals surface area contributed by atoms with Gasteiger partial charge in [-0.05, 0) is 49.9 Å². The third-order valence-electron chi connectivity index (χ3n) is 3.32. The summed E-state index contributed by atoms with van der Waals surface area (Å²) < 4.78 is 5.40. The summed E-state index contributed by atoms with van der Waals surface area (Å²) in [6.45, 7) is 7.51. The lowest BCUT2D eigenvalue weighted by Gasteiger charge is -2.22. The third kappa shape index (κ3) is 6.95. The average Bonchev–Trinajstić information content (AvgIpc) is 2.38. The lowest BCUT2D eigenvalue weighted by atomic mass is 9.93. The molecule has 1 rings (SSSR count). The predicted molar refractivity (Wildman–Crippen MR) is 82.9 cm³/mol. The minimum absolute atomic E-state index is 0.297. The summed E-state index contributed by atoms with van der Waals surface area (Å²) in [5, 5.41) is 4.32. The molecule has 2 nitrogen and oxygen atoms in total. The maximum atomic E-state index is 5.93. The highest BCUT2D eigenvalue weighted by atomic mass is 35.5. The van der Waals surface area contributed by atoms with E-state index in [4.69, 9.17) is 16.3 Å². The number of hydrogen-bond donors (Lipinski definition) is 1. The van der Waals surface area contributed by atoms with Crippen LogP contribution < -0.4 is 5.32 Å². The van der Waals surface area contributed by atoms with Crippen LogP contribution in [0.4, 0.5) is 0 Å². The van der Waals surface area contributed by atoms with Crippen LogP contribution in [0.25, 0.3) is 0 Å². The first-order chi connectivity index (χ1) is 9.01. The van der Waals surface area contributed by atoms with Crippen molar-refractivity contribution in [2.24, 2.45) is 5.92 Å². The molecular weight excluding hydrogens is 258 g/mol. The third-order valence-corrected chi connectivity index (χ3v) is 3.57. The van der Waals surface area contributed by atoms with Crippen LogP contribution in [0.15, 0.2) is 24.3 Å². The second-order valence-electron chi connectivity index (χ2n) is 5.54. The number of benzene rings is 1. The van der Waals surface area contributed by atoms with Gasteiger partial charge in [0.15, 0.2) is 0 Å². The molecule has 0 aliphatic rings. The van der Waals surface area contributed by atoms with Crippen molar-refractivity contribution in [1.82, 2.24) is 5.32 Å². The quantitative estimate of drug-likeness (QED) is 0.781. The highest BCUT2D eigenvalue weighted by Crippen LogP contribution is 2.17. The van der Waals surface area contributed by atoms with E-state index in [0.29, 0.717) is 18.1 Å². The molecule has 19 heavy (non-hydrogen) atoms. The Balaban J connectivity index is 2.58. The molecule has 1 aromatic carbocycles. The van der Waals surface area contributed by atoms with E-state index in [1.165, 1.54) is 5.56 Å². The van der Waals surface area contributed by atoms with Crippen LogP contribution in [0.1, 0.15) is 32.8 Å². The second kappa shape index (κ2) is 8.57. The lowest BCUT2D eigenvalue weighted by Crippen LogP contribution is -2.31. The molecule has 2 unspecified atom stereocenters. The van der Waals surface area contributed by atoms with Gasteiger partial charge in [-0.25, -0.2) is 0 Å². The van der Waals surface area contributed by atoms with Gasteiger partial charge in [-0.3, -0.25) is 0 Å². The Morgan fingerprint density at radius 2 is 1.79 bits per heavy atom. The van der Waals surface area contributed by atoms with E-state index in [2.05, 4.69) is 38.2 Å². The Kier molecular flexibility index (Phi) is 7.44. The number of ether oxygens (including phenoxy) is 1. The first-order valence-corrected chi connectivity index (χ1v) is 7.39. The summed E-state index contributed by atoms with van der Waals surface area (Å²) >= 11 is 5.93. The molecule has 0 aromatic heterocycles. The Labute approximate surface area is 122 Å². The van der Waals surface area contributed by atoms with Gasteiger partial charge >= 0.3 is 0 Å².